The number of hydrogen-bond acceptors (Lipinski definition) is 14. The van der Waals surface area contributed by atoms with Crippen LogP contribution in [0, 0.1) is 106 Å². The van der Waals surface area contributed by atoms with E-state index in [0.29, 0.717) is 0 Å². The van der Waals surface area contributed by atoms with Gasteiger partial charge in [0.2, 0.25) is 17.7 Å². The molecule has 47 heavy (non-hydrogen) atoms. The van der Waals surface area contributed by atoms with Crippen molar-refractivity contribution in [3.05, 3.63) is 101 Å². The standard InChI is InChI=1S/3C5H5N3O3.C3H6.2C2H5O.5Rf/c3*1-3-4-5(10-2,11-9)7-8-6;3*1-3-2;;;;;/h3*9H,1-2H2;1-3H2;2*1H2,2H3;;;;;/q4*-2;2*-1;;;;;. The van der Waals surface area contributed by atoms with Crippen molar-refractivity contribution in [3.8, 4) is 35.5 Å². The molecule has 0 bridgehead atoms. The van der Waals surface area contributed by atoms with Crippen LogP contribution in [0.3, 0.4) is 0 Å². The molecular formula is C22H31N9O11Rf5-10. The third-order valence-corrected chi connectivity index (χ3v) is 2.23. The normalized spacial score (nSPS) is 10.7. The Bertz CT molecular complexity index is 851. The van der Waals surface area contributed by atoms with Crippen LogP contribution in [-0.4, -0.2) is 47.7 Å². The molecule has 3 unspecified atom stereocenters. The SMILES string of the molecule is [CH2-]C#CC(N=[N+]=[N-])(O[CH2-])OO.[CH2-]C#CC(N=[N+]=[N-])(O[CH2-])OO.[CH2-]C#CC(N=[N+]=[N-])(O[CH2-])OO.[CH2-]C[CH2-].[CH2-]OC.[CH2-]OC.[Rf].[Rf].[Rf].[Rf].[Rf]. The van der Waals surface area contributed by atoms with Gasteiger partial charge in [0.1, 0.15) is 0 Å². The minimum Gasteiger partial charge on any atom is -0.557 e. The third kappa shape index (κ3) is 41.4. The molecule has 0 heterocycles. The van der Waals surface area contributed by atoms with Gasteiger partial charge >= 0.3 is 0 Å². The van der Waals surface area contributed by atoms with Crippen LogP contribution in [0.15, 0.2) is 15.3 Å². The van der Waals surface area contributed by atoms with Crippen molar-refractivity contribution in [2.45, 2.75) is 24.2 Å². The summed E-state index contributed by atoms with van der Waals surface area (Å²) in [4.78, 5) is 17.9. The van der Waals surface area contributed by atoms with Crippen molar-refractivity contribution in [2.75, 3.05) is 14.2 Å². The fraction of sp³-hybridized carbons (Fsp3) is 0.273. The van der Waals surface area contributed by atoms with Crippen molar-refractivity contribution in [1.82, 2.24) is 0 Å². The van der Waals surface area contributed by atoms with Gasteiger partial charge in [0.25, 0.3) is 0 Å². The molecule has 0 saturated heterocycles. The molecule has 0 amide bonds. The van der Waals surface area contributed by atoms with E-state index in [1.807, 2.05) is 0 Å². The maximum absolute atomic E-state index is 8.18. The molecule has 0 aliphatic heterocycles. The van der Waals surface area contributed by atoms with E-state index in [9.17, 15) is 0 Å². The molecule has 0 aliphatic rings. The molecule has 0 aliphatic carbocycles. The molecule has 0 fully saturated rings. The number of hydrogen-bond donors (Lipinski definition) is 3. The Morgan fingerprint density at radius 3 is 0.766 bits per heavy atom. The summed E-state index contributed by atoms with van der Waals surface area (Å²) in [5.41, 5.74) is 23.9. The molecule has 250 valence electrons. The number of ether oxygens (including phenoxy) is 5. The maximum Gasteiger partial charge on any atom is 0.234 e. The number of rotatable bonds is 9. The van der Waals surface area contributed by atoms with Crippen molar-refractivity contribution in [2.24, 2.45) is 15.3 Å². The number of azide groups is 3. The van der Waals surface area contributed by atoms with E-state index >= 15 is 0 Å². The van der Waals surface area contributed by atoms with Gasteiger partial charge < -0.3 is 44.0 Å². The molecule has 0 aromatic heterocycles. The van der Waals surface area contributed by atoms with Crippen LogP contribution in [0.2, 0.25) is 0 Å². The van der Waals surface area contributed by atoms with E-state index in [1.165, 1.54) is 14.2 Å². The topological polar surface area (TPSA) is 281 Å². The van der Waals surface area contributed by atoms with Crippen LogP contribution in [-0.2, 0) is 38.3 Å². The summed E-state index contributed by atoms with van der Waals surface area (Å²) in [6.07, 6.45) is 0.750. The zero-order valence-electron chi connectivity index (χ0n) is 26.4. The van der Waals surface area contributed by atoms with Gasteiger partial charge in [0.05, 0.1) is 0 Å². The summed E-state index contributed by atoms with van der Waals surface area (Å²) < 4.78 is 20.6. The Morgan fingerprint density at radius 2 is 0.702 bits per heavy atom. The summed E-state index contributed by atoms with van der Waals surface area (Å²) in [6.45, 7) is 16.1. The van der Waals surface area contributed by atoms with Crippen molar-refractivity contribution in [1.29, 1.82) is 0 Å². The molecule has 0 spiro atoms. The second kappa shape index (κ2) is 53.1. The fourth-order valence-corrected chi connectivity index (χ4v) is 0.984. The summed E-state index contributed by atoms with van der Waals surface area (Å²) in [7, 11) is 17.7. The molecule has 3 N–H and O–H groups in total. The van der Waals surface area contributed by atoms with E-state index in [-0.39, 0.29) is 0 Å². The number of nitrogens with zero attached hydrogens (tertiary/aromatic N) is 9. The van der Waals surface area contributed by atoms with Crippen LogP contribution in [0.1, 0.15) is 6.42 Å². The Morgan fingerprint density at radius 1 is 0.553 bits per heavy atom. The van der Waals surface area contributed by atoms with Crippen molar-refractivity contribution in [3.63, 3.8) is 0 Å². The average molecular weight is 1930 g/mol. The third-order valence-electron chi connectivity index (χ3n) is 2.23. The van der Waals surface area contributed by atoms with Crippen LogP contribution in [0.4, 0.5) is 0 Å². The molecule has 0 aromatic carbocycles. The summed E-state index contributed by atoms with van der Waals surface area (Å²) in [6, 6.07) is 0. The zero-order valence-corrected chi connectivity index (χ0v) is 58.4. The first-order chi connectivity index (χ1) is 20.0. The van der Waals surface area contributed by atoms with E-state index in [1.54, 1.807) is 0 Å². The Hall–Kier alpha value is -9.22. The van der Waals surface area contributed by atoms with E-state index < -0.39 is 17.7 Å². The minimum atomic E-state index is -2.09. The molecule has 25 heteroatoms. The molecule has 0 aromatic rings. The van der Waals surface area contributed by atoms with Gasteiger partial charge in [-0.15, -0.1) is 0 Å². The first-order valence-electron chi connectivity index (χ1n) is 9.46. The second-order valence-corrected chi connectivity index (χ2v) is 4.86. The fourth-order valence-electron chi connectivity index (χ4n) is 0.984. The van der Waals surface area contributed by atoms with E-state index in [2.05, 4.69) is 174 Å². The average Bonchev–Trinajstić information content (AvgIpc) is 2.98. The largest absolute Gasteiger partial charge is 0.557 e. The van der Waals surface area contributed by atoms with Crippen LogP contribution < -0.4 is 0 Å². The van der Waals surface area contributed by atoms with Gasteiger partial charge in [-0.1, -0.05) is 0 Å². The molecule has 20 nitrogen and oxygen atoms in total. The Labute approximate surface area is 245 Å². The van der Waals surface area contributed by atoms with Gasteiger partial charge in [-0.25, -0.2) is 66.0 Å². The Kier molecular flexibility index (Phi) is 80.5. The van der Waals surface area contributed by atoms with Crippen LogP contribution in [0.25, 0.3) is 31.3 Å². The summed E-state index contributed by atoms with van der Waals surface area (Å²) in [5.74, 6) is 6.15. The van der Waals surface area contributed by atoms with Gasteiger partial charge in [0.15, 0.2) is 0 Å². The minimum absolute atomic E-state index is 0. The zero-order chi connectivity index (χ0) is 34.3. The molecule has 0 rings (SSSR count). The summed E-state index contributed by atoms with van der Waals surface area (Å²) in [5, 5.41) is 33.2. The predicted molar refractivity (Wildman–Crippen MR) is 146 cm³/mol. The Balaban J connectivity index is -0.0000000388. The smallest absolute Gasteiger partial charge is 0.234 e. The molecule has 0 saturated carbocycles. The summed E-state index contributed by atoms with van der Waals surface area (Å²) >= 11 is 0. The van der Waals surface area contributed by atoms with E-state index in [0.717, 1.165) is 6.42 Å². The van der Waals surface area contributed by atoms with Crippen LogP contribution in [0.5, 0.6) is 0 Å². The first kappa shape index (κ1) is 71.3. The molecule has 3 atom stereocenters. The van der Waals surface area contributed by atoms with Gasteiger partial charge in [-0.3, -0.25) is 35.5 Å². The molecule has 0 radical (unpaired) electrons. The first-order valence-corrected chi connectivity index (χ1v) is 9.46. The van der Waals surface area contributed by atoms with Crippen LogP contribution >= 0.6 is 0 Å². The molecular weight excluding hydrogens is 1900 g/mol. The van der Waals surface area contributed by atoms with Gasteiger partial charge in [-0.2, -0.15) is 20.8 Å². The maximum atomic E-state index is 8.18. The van der Waals surface area contributed by atoms with E-state index in [4.69, 9.17) is 32.4 Å². The van der Waals surface area contributed by atoms with Gasteiger partial charge in [-0.05, 0) is 46.2 Å². The number of methoxy groups -OCH3 is 2. The monoisotopic (exact) mass is 1930 g/mol. The van der Waals surface area contributed by atoms with Gasteiger partial charge in [0, 0.05) is 14.7 Å². The quantitative estimate of drug-likeness (QED) is 0.0397. The van der Waals surface area contributed by atoms with Crippen molar-refractivity contribution < 1.29 is 54.1 Å². The second-order valence-electron chi connectivity index (χ2n) is 4.86. The predicted octanol–water partition coefficient (Wildman–Crippen LogP) is 5.15. The van der Waals surface area contributed by atoms with Crippen molar-refractivity contribution >= 4 is 0 Å².